The fourth-order valence-corrected chi connectivity index (χ4v) is 4.47. The summed E-state index contributed by atoms with van der Waals surface area (Å²) in [6, 6.07) is 13.1. The monoisotopic (exact) mass is 414 g/mol. The molecule has 1 aliphatic rings. The van der Waals surface area contributed by atoms with Crippen LogP contribution in [0.5, 0.6) is 0 Å². The molecule has 0 saturated carbocycles. The Morgan fingerprint density at radius 1 is 1.07 bits per heavy atom. The molecule has 0 radical (unpaired) electrons. The van der Waals surface area contributed by atoms with Crippen LogP contribution in [0.15, 0.2) is 41.4 Å². The SMILES string of the molecule is CCNC(=NCc1ccc(N2CCC(CO)CC2)cc1)NCc1ccc(CC)s1. The minimum atomic E-state index is 0.319. The van der Waals surface area contributed by atoms with E-state index in [9.17, 15) is 5.11 Å². The van der Waals surface area contributed by atoms with Gasteiger partial charge in [-0.1, -0.05) is 19.1 Å². The molecule has 2 heterocycles. The zero-order valence-electron chi connectivity index (χ0n) is 17.7. The lowest BCUT2D eigenvalue weighted by molar-refractivity contribution is 0.203. The van der Waals surface area contributed by atoms with E-state index in [4.69, 9.17) is 4.99 Å². The quantitative estimate of drug-likeness (QED) is 0.455. The Bertz CT molecular complexity index is 763. The molecule has 1 saturated heterocycles. The number of benzene rings is 1. The Kier molecular flexibility index (Phi) is 8.38. The number of aliphatic imine (C=N–C) groups is 1. The first kappa shape index (κ1) is 21.7. The molecule has 3 rings (SSSR count). The molecule has 5 nitrogen and oxygen atoms in total. The van der Waals surface area contributed by atoms with Crippen LogP contribution in [0, 0.1) is 5.92 Å². The average molecular weight is 415 g/mol. The van der Waals surface area contributed by atoms with Gasteiger partial charge in [-0.2, -0.15) is 0 Å². The van der Waals surface area contributed by atoms with Crippen molar-refractivity contribution < 1.29 is 5.11 Å². The standard InChI is InChI=1S/C23H34N4OS/c1-3-21-9-10-22(29-21)16-26-23(24-4-2)25-15-18-5-7-20(8-6-18)27-13-11-19(17-28)12-14-27/h5-10,19,28H,3-4,11-17H2,1-2H3,(H2,24,25,26). The van der Waals surface area contributed by atoms with Gasteiger partial charge in [0.1, 0.15) is 0 Å². The first-order chi connectivity index (χ1) is 14.2. The Morgan fingerprint density at radius 3 is 2.41 bits per heavy atom. The van der Waals surface area contributed by atoms with Gasteiger partial charge in [0.25, 0.3) is 0 Å². The van der Waals surface area contributed by atoms with Crippen molar-refractivity contribution in [3.8, 4) is 0 Å². The molecule has 0 spiro atoms. The van der Waals surface area contributed by atoms with Gasteiger partial charge in [-0.25, -0.2) is 4.99 Å². The number of thiophene rings is 1. The molecule has 0 bridgehead atoms. The van der Waals surface area contributed by atoms with Gasteiger partial charge < -0.3 is 20.6 Å². The van der Waals surface area contributed by atoms with Gasteiger partial charge in [0.15, 0.2) is 5.96 Å². The molecule has 1 aromatic heterocycles. The lowest BCUT2D eigenvalue weighted by Gasteiger charge is -2.32. The molecular formula is C23H34N4OS. The smallest absolute Gasteiger partial charge is 0.191 e. The Balaban J connectivity index is 1.53. The van der Waals surface area contributed by atoms with Gasteiger partial charge in [0, 0.05) is 41.7 Å². The molecule has 0 amide bonds. The molecular weight excluding hydrogens is 380 g/mol. The van der Waals surface area contributed by atoms with Crippen LogP contribution in [0.25, 0.3) is 0 Å². The van der Waals surface area contributed by atoms with E-state index in [0.29, 0.717) is 19.1 Å². The van der Waals surface area contributed by atoms with Crippen LogP contribution < -0.4 is 15.5 Å². The lowest BCUT2D eigenvalue weighted by Crippen LogP contribution is -2.36. The maximum atomic E-state index is 9.30. The summed E-state index contributed by atoms with van der Waals surface area (Å²) in [5.74, 6) is 1.33. The second-order valence-corrected chi connectivity index (χ2v) is 8.80. The number of piperidine rings is 1. The van der Waals surface area contributed by atoms with Crippen LogP contribution >= 0.6 is 11.3 Å². The molecule has 0 unspecified atom stereocenters. The number of hydrogen-bond acceptors (Lipinski definition) is 4. The van der Waals surface area contributed by atoms with Crippen molar-refractivity contribution in [2.45, 2.75) is 46.2 Å². The number of guanidine groups is 1. The summed E-state index contributed by atoms with van der Waals surface area (Å²) in [7, 11) is 0. The second kappa shape index (κ2) is 11.2. The van der Waals surface area contributed by atoms with Gasteiger partial charge in [0.05, 0.1) is 13.1 Å². The van der Waals surface area contributed by atoms with Crippen LogP contribution in [0.3, 0.4) is 0 Å². The predicted molar refractivity (Wildman–Crippen MR) is 124 cm³/mol. The first-order valence-corrected chi connectivity index (χ1v) is 11.6. The first-order valence-electron chi connectivity index (χ1n) is 10.8. The minimum Gasteiger partial charge on any atom is -0.396 e. The zero-order chi connectivity index (χ0) is 20.5. The van der Waals surface area contributed by atoms with Gasteiger partial charge in [0.2, 0.25) is 0 Å². The highest BCUT2D eigenvalue weighted by Gasteiger charge is 2.18. The van der Waals surface area contributed by atoms with Gasteiger partial charge in [-0.05, 0) is 61.9 Å². The Labute approximate surface area is 178 Å². The highest BCUT2D eigenvalue weighted by molar-refractivity contribution is 7.11. The molecule has 0 aliphatic carbocycles. The van der Waals surface area contributed by atoms with Crippen molar-refractivity contribution in [3.05, 3.63) is 51.7 Å². The van der Waals surface area contributed by atoms with Crippen LogP contribution in [0.1, 0.15) is 42.0 Å². The molecule has 1 fully saturated rings. The molecule has 3 N–H and O–H groups in total. The summed E-state index contributed by atoms with van der Waals surface area (Å²) in [5.41, 5.74) is 2.48. The fourth-order valence-electron chi connectivity index (χ4n) is 3.58. The third-order valence-electron chi connectivity index (χ3n) is 5.43. The van der Waals surface area contributed by atoms with Crippen molar-refractivity contribution in [1.82, 2.24) is 10.6 Å². The van der Waals surface area contributed by atoms with Crippen molar-refractivity contribution in [3.63, 3.8) is 0 Å². The minimum absolute atomic E-state index is 0.319. The molecule has 0 atom stereocenters. The molecule has 6 heteroatoms. The van der Waals surface area contributed by atoms with Gasteiger partial charge in [-0.15, -0.1) is 11.3 Å². The fraction of sp³-hybridized carbons (Fsp3) is 0.522. The topological polar surface area (TPSA) is 59.9 Å². The van der Waals surface area contributed by atoms with Crippen molar-refractivity contribution in [2.24, 2.45) is 10.9 Å². The van der Waals surface area contributed by atoms with E-state index in [0.717, 1.165) is 51.4 Å². The summed E-state index contributed by atoms with van der Waals surface area (Å²) in [5, 5.41) is 16.1. The molecule has 1 aromatic carbocycles. The van der Waals surface area contributed by atoms with E-state index in [2.05, 4.69) is 65.8 Å². The summed E-state index contributed by atoms with van der Waals surface area (Å²) >= 11 is 1.86. The van der Waals surface area contributed by atoms with Crippen molar-refractivity contribution >= 4 is 23.0 Å². The largest absolute Gasteiger partial charge is 0.396 e. The maximum absolute atomic E-state index is 9.30. The van der Waals surface area contributed by atoms with E-state index < -0.39 is 0 Å². The average Bonchev–Trinajstić information content (AvgIpc) is 3.24. The molecule has 1 aliphatic heterocycles. The molecule has 2 aromatic rings. The van der Waals surface area contributed by atoms with E-state index in [1.165, 1.54) is 21.0 Å². The third kappa shape index (κ3) is 6.47. The predicted octanol–water partition coefficient (Wildman–Crippen LogP) is 3.77. The maximum Gasteiger partial charge on any atom is 0.191 e. The number of nitrogens with one attached hydrogen (secondary N) is 2. The number of nitrogens with zero attached hydrogens (tertiary/aromatic N) is 2. The summed E-state index contributed by atoms with van der Waals surface area (Å²) < 4.78 is 0. The van der Waals surface area contributed by atoms with E-state index in [1.807, 2.05) is 11.3 Å². The van der Waals surface area contributed by atoms with Crippen molar-refractivity contribution in [2.75, 3.05) is 31.1 Å². The Morgan fingerprint density at radius 2 is 1.79 bits per heavy atom. The number of rotatable bonds is 8. The van der Waals surface area contributed by atoms with Crippen LogP contribution in [-0.4, -0.2) is 37.3 Å². The number of aliphatic hydroxyl groups is 1. The number of aryl methyl sites for hydroxylation is 1. The summed E-state index contributed by atoms with van der Waals surface area (Å²) in [4.78, 5) is 9.92. The van der Waals surface area contributed by atoms with E-state index in [-0.39, 0.29) is 0 Å². The normalized spacial score (nSPS) is 15.6. The van der Waals surface area contributed by atoms with Gasteiger partial charge in [-0.3, -0.25) is 0 Å². The van der Waals surface area contributed by atoms with E-state index >= 15 is 0 Å². The highest BCUT2D eigenvalue weighted by atomic mass is 32.1. The second-order valence-electron chi connectivity index (χ2n) is 7.55. The highest BCUT2D eigenvalue weighted by Crippen LogP contribution is 2.23. The molecule has 158 valence electrons. The number of anilines is 1. The zero-order valence-corrected chi connectivity index (χ0v) is 18.5. The van der Waals surface area contributed by atoms with Gasteiger partial charge >= 0.3 is 0 Å². The number of aliphatic hydroxyl groups excluding tert-OH is 1. The summed E-state index contributed by atoms with van der Waals surface area (Å²) in [6.45, 7) is 8.97. The van der Waals surface area contributed by atoms with E-state index in [1.54, 1.807) is 0 Å². The lowest BCUT2D eigenvalue weighted by atomic mass is 9.97. The van der Waals surface area contributed by atoms with Crippen LogP contribution in [0.4, 0.5) is 5.69 Å². The number of hydrogen-bond donors (Lipinski definition) is 3. The van der Waals surface area contributed by atoms with Crippen molar-refractivity contribution in [1.29, 1.82) is 0 Å². The molecule has 29 heavy (non-hydrogen) atoms. The van der Waals surface area contributed by atoms with Crippen LogP contribution in [0.2, 0.25) is 0 Å². The Hall–Kier alpha value is -2.05. The summed E-state index contributed by atoms with van der Waals surface area (Å²) in [6.07, 6.45) is 3.24. The third-order valence-corrected chi connectivity index (χ3v) is 6.66. The van der Waals surface area contributed by atoms with Crippen LogP contribution in [-0.2, 0) is 19.5 Å².